The van der Waals surface area contributed by atoms with Crippen LogP contribution in [0, 0.1) is 0 Å². The van der Waals surface area contributed by atoms with Crippen molar-refractivity contribution in [3.05, 3.63) is 0 Å². The molecular formula is C18H26F4N4O9. The fraction of sp³-hybridized carbons (Fsp3) is 0.889. The fourth-order valence-corrected chi connectivity index (χ4v) is 4.38. The van der Waals surface area contributed by atoms with E-state index in [4.69, 9.17) is 19.3 Å². The number of aliphatic hydroxyl groups excluding tert-OH is 4. The minimum Gasteiger partial charge on any atom is -0.394 e. The minimum atomic E-state index is -3.87. The Balaban J connectivity index is 1.32. The Bertz CT molecular complexity index is 827. The molecule has 4 fully saturated rings. The predicted molar refractivity (Wildman–Crippen MR) is 102 cm³/mol. The number of rotatable bonds is 6. The van der Waals surface area contributed by atoms with E-state index >= 15 is 0 Å². The number of nitrogens with one attached hydrogen (secondary N) is 2. The molecule has 17 heteroatoms. The van der Waals surface area contributed by atoms with Crippen molar-refractivity contribution in [1.82, 2.24) is 20.4 Å². The quantitative estimate of drug-likeness (QED) is 0.216. The Morgan fingerprint density at radius 2 is 1.40 bits per heavy atom. The molecule has 200 valence electrons. The highest BCUT2D eigenvalue weighted by atomic mass is 19.3. The van der Waals surface area contributed by atoms with Crippen molar-refractivity contribution in [3.63, 3.8) is 0 Å². The van der Waals surface area contributed by atoms with Crippen LogP contribution in [0.5, 0.6) is 0 Å². The number of carbonyl (C=O) groups is 2. The zero-order valence-electron chi connectivity index (χ0n) is 18.1. The van der Waals surface area contributed by atoms with E-state index in [0.29, 0.717) is 9.80 Å². The van der Waals surface area contributed by atoms with E-state index in [1.165, 1.54) is 0 Å². The second-order valence-electron chi connectivity index (χ2n) is 8.68. The Labute approximate surface area is 195 Å². The van der Waals surface area contributed by atoms with Crippen LogP contribution in [0.4, 0.5) is 27.2 Å². The Hall–Kier alpha value is -2.02. The lowest BCUT2D eigenvalue weighted by Gasteiger charge is -2.38. The van der Waals surface area contributed by atoms with E-state index in [-0.39, 0.29) is 25.9 Å². The molecule has 0 aromatic heterocycles. The zero-order chi connectivity index (χ0) is 25.7. The highest BCUT2D eigenvalue weighted by Crippen LogP contribution is 2.40. The average molecular weight is 518 g/mol. The molecule has 4 rings (SSSR count). The summed E-state index contributed by atoms with van der Waals surface area (Å²) in [6.45, 7) is -2.08. The van der Waals surface area contributed by atoms with Crippen molar-refractivity contribution in [1.29, 1.82) is 0 Å². The molecule has 0 aromatic rings. The molecular weight excluding hydrogens is 492 g/mol. The molecule has 0 saturated carbocycles. The van der Waals surface area contributed by atoms with Crippen molar-refractivity contribution >= 4 is 12.1 Å². The van der Waals surface area contributed by atoms with E-state index in [1.54, 1.807) is 0 Å². The largest absolute Gasteiger partial charge is 0.394 e. The van der Waals surface area contributed by atoms with Gasteiger partial charge in [-0.2, -0.15) is 17.6 Å². The molecule has 35 heavy (non-hydrogen) atoms. The highest BCUT2D eigenvalue weighted by Gasteiger charge is 2.63. The molecule has 0 aliphatic carbocycles. The van der Waals surface area contributed by atoms with Gasteiger partial charge in [0.25, 0.3) is 0 Å². The first-order chi connectivity index (χ1) is 16.4. The maximum atomic E-state index is 14.6. The van der Waals surface area contributed by atoms with Crippen LogP contribution in [0.2, 0.25) is 0 Å². The van der Waals surface area contributed by atoms with Gasteiger partial charge in [-0.25, -0.2) is 9.59 Å². The Morgan fingerprint density at radius 1 is 0.886 bits per heavy atom. The van der Waals surface area contributed by atoms with Gasteiger partial charge in [0.1, 0.15) is 24.7 Å². The van der Waals surface area contributed by atoms with Gasteiger partial charge < -0.3 is 45.3 Å². The summed E-state index contributed by atoms with van der Waals surface area (Å²) in [5.74, 6) is -7.71. The molecule has 4 saturated heterocycles. The third-order valence-electron chi connectivity index (χ3n) is 6.34. The zero-order valence-corrected chi connectivity index (χ0v) is 18.1. The Kier molecular flexibility index (Phi) is 7.04. The van der Waals surface area contributed by atoms with Gasteiger partial charge in [0.05, 0.1) is 13.2 Å². The molecule has 0 aromatic carbocycles. The third kappa shape index (κ3) is 4.61. The fourth-order valence-electron chi connectivity index (χ4n) is 4.38. The maximum Gasteiger partial charge on any atom is 0.321 e. The number of ether oxygens (including phenoxy) is 3. The first-order valence-corrected chi connectivity index (χ1v) is 10.8. The summed E-state index contributed by atoms with van der Waals surface area (Å²) in [4.78, 5) is 25.6. The number of aliphatic hydroxyl groups is 4. The van der Waals surface area contributed by atoms with Gasteiger partial charge in [-0.05, 0) is 0 Å². The lowest BCUT2D eigenvalue weighted by molar-refractivity contribution is -0.164. The molecule has 8 atom stereocenters. The molecule has 6 N–H and O–H groups in total. The maximum absolute atomic E-state index is 14.6. The standard InChI is InChI=1S/C18H26F4N4O9/c19-17(20)11(29)7(5-27)34-13(17)26-4-2-10(24-16(26)32)33-6-8-12(30)18(21,22)14(35-8)25-3-1-9(28)23-15(25)31/h7-14,27-30H,1-6H2,(H,23,31)(H,24,32)/t7-,8-,9?,10?,11-,12-,13-,14-/m1/s1. The first kappa shape index (κ1) is 26.1. The van der Waals surface area contributed by atoms with E-state index in [1.807, 2.05) is 0 Å². The molecule has 2 unspecified atom stereocenters. The van der Waals surface area contributed by atoms with E-state index in [9.17, 15) is 42.5 Å². The molecule has 0 spiro atoms. The normalized spacial score (nSPS) is 41.1. The number of alkyl halides is 4. The van der Waals surface area contributed by atoms with Crippen LogP contribution in [0.15, 0.2) is 0 Å². The van der Waals surface area contributed by atoms with Gasteiger partial charge in [-0.3, -0.25) is 9.80 Å². The van der Waals surface area contributed by atoms with Crippen LogP contribution >= 0.6 is 0 Å². The number of hydrogen-bond acceptors (Lipinski definition) is 9. The number of nitrogens with zero attached hydrogens (tertiary/aromatic N) is 2. The van der Waals surface area contributed by atoms with Crippen LogP contribution < -0.4 is 10.6 Å². The molecule has 4 aliphatic rings. The van der Waals surface area contributed by atoms with Crippen molar-refractivity contribution in [3.8, 4) is 0 Å². The summed E-state index contributed by atoms with van der Waals surface area (Å²) >= 11 is 0. The first-order valence-electron chi connectivity index (χ1n) is 10.8. The van der Waals surface area contributed by atoms with Crippen molar-refractivity contribution < 1.29 is 61.8 Å². The highest BCUT2D eigenvalue weighted by molar-refractivity contribution is 5.76. The third-order valence-corrected chi connectivity index (χ3v) is 6.34. The monoisotopic (exact) mass is 518 g/mol. The molecule has 0 radical (unpaired) electrons. The van der Waals surface area contributed by atoms with Gasteiger partial charge >= 0.3 is 23.9 Å². The summed E-state index contributed by atoms with van der Waals surface area (Å²) in [5.41, 5.74) is 0. The number of halogens is 4. The summed E-state index contributed by atoms with van der Waals surface area (Å²) in [6.07, 6.45) is -14.5. The van der Waals surface area contributed by atoms with Crippen molar-refractivity contribution in [2.24, 2.45) is 0 Å². The number of hydrogen-bond donors (Lipinski definition) is 6. The summed E-state index contributed by atoms with van der Waals surface area (Å²) < 4.78 is 73.3. The molecule has 0 bridgehead atoms. The average Bonchev–Trinajstić information content (AvgIpc) is 3.15. The van der Waals surface area contributed by atoms with Gasteiger partial charge in [0.2, 0.25) is 12.5 Å². The van der Waals surface area contributed by atoms with Crippen molar-refractivity contribution in [2.45, 2.75) is 74.0 Å². The van der Waals surface area contributed by atoms with Crippen molar-refractivity contribution in [2.75, 3.05) is 26.3 Å². The number of amides is 4. The molecule has 4 aliphatic heterocycles. The smallest absolute Gasteiger partial charge is 0.321 e. The molecule has 4 amide bonds. The van der Waals surface area contributed by atoms with E-state index < -0.39 is 86.4 Å². The van der Waals surface area contributed by atoms with Gasteiger partial charge in [0, 0.05) is 25.9 Å². The van der Waals surface area contributed by atoms with Crippen LogP contribution in [0.3, 0.4) is 0 Å². The van der Waals surface area contributed by atoms with Gasteiger partial charge in [0.15, 0.2) is 12.2 Å². The van der Waals surface area contributed by atoms with Crippen LogP contribution in [-0.4, -0.2) is 130 Å². The van der Waals surface area contributed by atoms with Crippen LogP contribution in [0.1, 0.15) is 12.8 Å². The van der Waals surface area contributed by atoms with Crippen LogP contribution in [0.25, 0.3) is 0 Å². The topological polar surface area (TPSA) is 173 Å². The van der Waals surface area contributed by atoms with E-state index in [2.05, 4.69) is 10.6 Å². The number of urea groups is 2. The Morgan fingerprint density at radius 3 is 1.91 bits per heavy atom. The van der Waals surface area contributed by atoms with Gasteiger partial charge in [-0.15, -0.1) is 0 Å². The molecule has 13 nitrogen and oxygen atoms in total. The van der Waals surface area contributed by atoms with Crippen LogP contribution in [-0.2, 0) is 14.2 Å². The predicted octanol–water partition coefficient (Wildman–Crippen LogP) is -2.09. The summed E-state index contributed by atoms with van der Waals surface area (Å²) in [6, 6.07) is -2.04. The SMILES string of the molecule is O=C1NC(O)CCN1[C@@H]1O[C@H](COC2CCN([C@@H]3O[C@H](CO)[C@@H](O)C3(F)F)C(=O)N2)[C@@H](O)C1(F)F. The number of carbonyl (C=O) groups excluding carboxylic acids is 2. The second-order valence-corrected chi connectivity index (χ2v) is 8.68. The van der Waals surface area contributed by atoms with E-state index in [0.717, 1.165) is 0 Å². The lowest BCUT2D eigenvalue weighted by atomic mass is 10.1. The summed E-state index contributed by atoms with van der Waals surface area (Å²) in [7, 11) is 0. The minimum absolute atomic E-state index is 0.0383. The second kappa shape index (κ2) is 9.45. The molecule has 4 heterocycles. The lowest BCUT2D eigenvalue weighted by Crippen LogP contribution is -2.60. The van der Waals surface area contributed by atoms with Gasteiger partial charge in [-0.1, -0.05) is 0 Å². The summed E-state index contributed by atoms with van der Waals surface area (Å²) in [5, 5.41) is 42.5.